The van der Waals surface area contributed by atoms with Gasteiger partial charge in [-0.15, -0.1) is 0 Å². The minimum Gasteiger partial charge on any atom is -0.394 e. The molecule has 0 spiro atoms. The molecule has 3 N–H and O–H groups in total. The van der Waals surface area contributed by atoms with Gasteiger partial charge >= 0.3 is 5.69 Å². The third-order valence-electron chi connectivity index (χ3n) is 2.88. The lowest BCUT2D eigenvalue weighted by Crippen LogP contribution is -2.34. The zero-order valence-corrected chi connectivity index (χ0v) is 11.5. The predicted molar refractivity (Wildman–Crippen MR) is 70.7 cm³/mol. The highest BCUT2D eigenvalue weighted by molar-refractivity contribution is 14.1. The van der Waals surface area contributed by atoms with E-state index in [0.29, 0.717) is 9.99 Å². The van der Waals surface area contributed by atoms with Crippen molar-refractivity contribution in [3.05, 3.63) is 32.6 Å². The molecule has 0 bridgehead atoms. The van der Waals surface area contributed by atoms with Crippen LogP contribution in [-0.4, -0.2) is 38.6 Å². The number of H-pyrrole nitrogens is 1. The first-order valence-electron chi connectivity index (χ1n) is 5.41. The van der Waals surface area contributed by atoms with Gasteiger partial charge in [-0.05, 0) is 0 Å². The van der Waals surface area contributed by atoms with Gasteiger partial charge in [0, 0.05) is 22.6 Å². The largest absolute Gasteiger partial charge is 0.394 e. The molecule has 100 valence electrons. The molecule has 1 saturated heterocycles. The van der Waals surface area contributed by atoms with Crippen molar-refractivity contribution in [2.45, 2.75) is 29.3 Å². The summed E-state index contributed by atoms with van der Waals surface area (Å²) in [5.74, 6) is 0. The van der Waals surface area contributed by atoms with Crippen molar-refractivity contribution in [2.24, 2.45) is 0 Å². The molecular formula is C10H13IN2O5. The second-order valence-electron chi connectivity index (χ2n) is 4.07. The van der Waals surface area contributed by atoms with E-state index in [0.717, 1.165) is 0 Å². The highest BCUT2D eigenvalue weighted by Crippen LogP contribution is 2.27. The Kier molecular flexibility index (Phi) is 4.20. The molecule has 3 atom stereocenters. The lowest BCUT2D eigenvalue weighted by Gasteiger charge is -2.14. The number of hydrogen-bond donors (Lipinski definition) is 3. The quantitative estimate of drug-likeness (QED) is 0.475. The highest BCUT2D eigenvalue weighted by atomic mass is 127. The van der Waals surface area contributed by atoms with E-state index in [9.17, 15) is 14.7 Å². The normalized spacial score (nSPS) is 27.6. The average Bonchev–Trinajstić information content (AvgIpc) is 2.70. The van der Waals surface area contributed by atoms with Crippen LogP contribution in [0, 0.1) is 0 Å². The van der Waals surface area contributed by atoms with E-state index in [2.05, 4.69) is 4.98 Å². The Morgan fingerprint density at radius 3 is 2.83 bits per heavy atom. The summed E-state index contributed by atoms with van der Waals surface area (Å²) in [6, 6.07) is 0. The van der Waals surface area contributed by atoms with Gasteiger partial charge in [-0.25, -0.2) is 4.79 Å². The van der Waals surface area contributed by atoms with Gasteiger partial charge in [-0.2, -0.15) is 0 Å². The van der Waals surface area contributed by atoms with Gasteiger partial charge in [0.05, 0.1) is 12.7 Å². The Hall–Kier alpha value is -0.710. The van der Waals surface area contributed by atoms with Gasteiger partial charge in [0.15, 0.2) is 0 Å². The second-order valence-corrected chi connectivity index (χ2v) is 4.83. The summed E-state index contributed by atoms with van der Waals surface area (Å²) in [6.07, 6.45) is -0.537. The van der Waals surface area contributed by atoms with Crippen LogP contribution < -0.4 is 11.2 Å². The topological polar surface area (TPSA) is 105 Å². The summed E-state index contributed by atoms with van der Waals surface area (Å²) in [6.45, 7) is -0.311. The Morgan fingerprint density at radius 2 is 2.28 bits per heavy atom. The first-order chi connectivity index (χ1) is 8.56. The number of halogens is 1. The molecule has 0 aliphatic carbocycles. The number of ether oxygens (including phenoxy) is 1. The van der Waals surface area contributed by atoms with E-state index in [1.54, 1.807) is 0 Å². The Balaban J connectivity index is 2.35. The third kappa shape index (κ3) is 2.51. The molecule has 0 saturated carbocycles. The van der Waals surface area contributed by atoms with Gasteiger partial charge in [0.1, 0.15) is 12.3 Å². The number of aromatic nitrogens is 2. The lowest BCUT2D eigenvalue weighted by molar-refractivity contribution is -0.0459. The van der Waals surface area contributed by atoms with E-state index in [4.69, 9.17) is 9.84 Å². The number of aromatic amines is 1. The van der Waals surface area contributed by atoms with Crippen LogP contribution >= 0.6 is 22.6 Å². The number of nitrogens with zero attached hydrogens (tertiary/aromatic N) is 1. The number of aliphatic hydroxyl groups is 2. The molecule has 0 radical (unpaired) electrons. The van der Waals surface area contributed by atoms with Crippen molar-refractivity contribution in [3.63, 3.8) is 0 Å². The number of rotatable bonds is 3. The Morgan fingerprint density at radius 1 is 1.56 bits per heavy atom. The van der Waals surface area contributed by atoms with Gasteiger partial charge in [-0.1, -0.05) is 22.6 Å². The molecule has 1 aliphatic heterocycles. The number of hydrogen-bond acceptors (Lipinski definition) is 5. The maximum Gasteiger partial charge on any atom is 0.330 e. The molecule has 8 heteroatoms. The average molecular weight is 368 g/mol. The van der Waals surface area contributed by atoms with Crippen molar-refractivity contribution in [1.29, 1.82) is 0 Å². The van der Waals surface area contributed by atoms with Crippen LogP contribution in [0.5, 0.6) is 0 Å². The molecule has 18 heavy (non-hydrogen) atoms. The van der Waals surface area contributed by atoms with Gasteiger partial charge in [0.25, 0.3) is 5.56 Å². The fourth-order valence-electron chi connectivity index (χ4n) is 1.89. The standard InChI is InChI=1S/C10H13IN2O5/c11-2-5-3-13(10(17)12-9(5)16)8-1-6(15)7(4-14)18-8/h3,6-8,14-15H,1-2,4H2,(H,12,16,17)/t6?,7-,8-/m1/s1. The monoisotopic (exact) mass is 368 g/mol. The van der Waals surface area contributed by atoms with Gasteiger partial charge < -0.3 is 14.9 Å². The number of nitrogens with one attached hydrogen (secondary N) is 1. The molecule has 2 heterocycles. The predicted octanol–water partition coefficient (Wildman–Crippen LogP) is -0.888. The van der Waals surface area contributed by atoms with Crippen LogP contribution in [0.25, 0.3) is 0 Å². The molecule has 1 fully saturated rings. The maximum absolute atomic E-state index is 11.7. The van der Waals surface area contributed by atoms with E-state index in [1.165, 1.54) is 10.8 Å². The first-order valence-corrected chi connectivity index (χ1v) is 6.94. The smallest absolute Gasteiger partial charge is 0.330 e. The van der Waals surface area contributed by atoms with Crippen molar-refractivity contribution in [1.82, 2.24) is 9.55 Å². The minimum atomic E-state index is -0.818. The van der Waals surface area contributed by atoms with Crippen LogP contribution in [0.2, 0.25) is 0 Å². The summed E-state index contributed by atoms with van der Waals surface area (Å²) in [7, 11) is 0. The summed E-state index contributed by atoms with van der Waals surface area (Å²) in [5, 5.41) is 18.6. The summed E-state index contributed by atoms with van der Waals surface area (Å²) in [4.78, 5) is 25.3. The molecule has 1 aromatic heterocycles. The Labute approximate surface area is 116 Å². The fourth-order valence-corrected chi connectivity index (χ4v) is 2.43. The van der Waals surface area contributed by atoms with E-state index in [1.807, 2.05) is 22.6 Å². The van der Waals surface area contributed by atoms with Crippen molar-refractivity contribution in [3.8, 4) is 0 Å². The van der Waals surface area contributed by atoms with E-state index >= 15 is 0 Å². The maximum atomic E-state index is 11.7. The third-order valence-corrected chi connectivity index (χ3v) is 3.70. The van der Waals surface area contributed by atoms with E-state index in [-0.39, 0.29) is 13.0 Å². The number of alkyl halides is 1. The van der Waals surface area contributed by atoms with Crippen LogP contribution in [-0.2, 0) is 9.16 Å². The molecule has 1 aromatic rings. The van der Waals surface area contributed by atoms with Crippen molar-refractivity contribution < 1.29 is 14.9 Å². The van der Waals surface area contributed by atoms with Crippen LogP contribution in [0.4, 0.5) is 0 Å². The lowest BCUT2D eigenvalue weighted by atomic mass is 10.2. The number of aliphatic hydroxyl groups excluding tert-OH is 2. The van der Waals surface area contributed by atoms with Gasteiger partial charge in [-0.3, -0.25) is 14.3 Å². The molecular weight excluding hydrogens is 355 g/mol. The summed E-state index contributed by atoms with van der Waals surface area (Å²) in [5.41, 5.74) is -0.534. The molecule has 1 unspecified atom stereocenters. The molecule has 0 aromatic carbocycles. The summed E-state index contributed by atoms with van der Waals surface area (Å²) >= 11 is 2.02. The van der Waals surface area contributed by atoms with Crippen LogP contribution in [0.1, 0.15) is 18.2 Å². The SMILES string of the molecule is O=c1[nH]c(=O)n([C@H]2CC(O)[C@@H](CO)O2)cc1CI. The van der Waals surface area contributed by atoms with Crippen molar-refractivity contribution in [2.75, 3.05) is 6.61 Å². The Bertz CT molecular complexity index is 540. The van der Waals surface area contributed by atoms with Gasteiger partial charge in [0.2, 0.25) is 0 Å². The summed E-state index contributed by atoms with van der Waals surface area (Å²) < 4.78 is 7.08. The van der Waals surface area contributed by atoms with Crippen molar-refractivity contribution >= 4 is 22.6 Å². The van der Waals surface area contributed by atoms with Crippen LogP contribution in [0.3, 0.4) is 0 Å². The zero-order valence-electron chi connectivity index (χ0n) is 9.38. The molecule has 7 nitrogen and oxygen atoms in total. The minimum absolute atomic E-state index is 0.206. The first kappa shape index (κ1) is 13.7. The second kappa shape index (κ2) is 5.51. The fraction of sp³-hybridized carbons (Fsp3) is 0.600. The van der Waals surface area contributed by atoms with E-state index < -0.39 is 29.7 Å². The molecule has 0 amide bonds. The molecule has 2 rings (SSSR count). The molecule has 1 aliphatic rings. The van der Waals surface area contributed by atoms with Crippen LogP contribution in [0.15, 0.2) is 15.8 Å². The zero-order chi connectivity index (χ0) is 13.3. The highest BCUT2D eigenvalue weighted by Gasteiger charge is 2.35.